The lowest BCUT2D eigenvalue weighted by Crippen LogP contribution is -2.33. The molecule has 2 atom stereocenters. The van der Waals surface area contributed by atoms with E-state index >= 15 is 0 Å². The van der Waals surface area contributed by atoms with Gasteiger partial charge in [-0.3, -0.25) is 4.79 Å². The molecule has 0 spiro atoms. The fourth-order valence-electron chi connectivity index (χ4n) is 4.10. The minimum atomic E-state index is 0. The molecule has 0 aliphatic carbocycles. The number of ether oxygens (including phenoxy) is 1. The Kier molecular flexibility index (Phi) is 7.22. The number of para-hydroxylation sites is 1. The molecule has 2 aromatic rings. The predicted molar refractivity (Wildman–Crippen MR) is 114 cm³/mol. The van der Waals surface area contributed by atoms with Crippen molar-refractivity contribution in [3.05, 3.63) is 64.7 Å². The number of amides is 1. The van der Waals surface area contributed by atoms with Crippen LogP contribution in [0.5, 0.6) is 5.75 Å². The molecular formula is C22H26Cl2N2O2. The third kappa shape index (κ3) is 4.80. The van der Waals surface area contributed by atoms with Gasteiger partial charge in [0, 0.05) is 18.1 Å². The van der Waals surface area contributed by atoms with Gasteiger partial charge in [-0.05, 0) is 67.6 Å². The Hall–Kier alpha value is -1.75. The lowest BCUT2D eigenvalue weighted by Gasteiger charge is -2.22. The average Bonchev–Trinajstić information content (AvgIpc) is 3.05. The highest BCUT2D eigenvalue weighted by atomic mass is 35.5. The van der Waals surface area contributed by atoms with E-state index in [1.54, 1.807) is 0 Å². The molecule has 0 unspecified atom stereocenters. The summed E-state index contributed by atoms with van der Waals surface area (Å²) >= 11 is 5.94. The van der Waals surface area contributed by atoms with Gasteiger partial charge in [0.2, 0.25) is 0 Å². The van der Waals surface area contributed by atoms with Gasteiger partial charge in [0.1, 0.15) is 12.4 Å². The first-order valence-electron chi connectivity index (χ1n) is 9.67. The summed E-state index contributed by atoms with van der Waals surface area (Å²) in [7, 11) is 0. The number of hydrogen-bond donors (Lipinski definition) is 1. The summed E-state index contributed by atoms with van der Waals surface area (Å²) in [4.78, 5) is 15.2. The largest absolute Gasteiger partial charge is 0.488 e. The van der Waals surface area contributed by atoms with Gasteiger partial charge in [0.15, 0.2) is 0 Å². The molecule has 2 aliphatic rings. The Morgan fingerprint density at radius 3 is 2.36 bits per heavy atom. The first kappa shape index (κ1) is 21.0. The minimum absolute atomic E-state index is 0. The first-order chi connectivity index (χ1) is 13.2. The Bertz CT molecular complexity index is 783. The maximum atomic E-state index is 13.2. The van der Waals surface area contributed by atoms with Crippen molar-refractivity contribution < 1.29 is 9.53 Å². The van der Waals surface area contributed by atoms with E-state index in [1.165, 1.54) is 0 Å². The summed E-state index contributed by atoms with van der Waals surface area (Å²) in [6.45, 7) is 4.25. The molecule has 2 heterocycles. The molecule has 150 valence electrons. The van der Waals surface area contributed by atoms with Gasteiger partial charge in [-0.25, -0.2) is 0 Å². The number of hydrogen-bond acceptors (Lipinski definition) is 3. The lowest BCUT2D eigenvalue weighted by molar-refractivity contribution is 0.0753. The van der Waals surface area contributed by atoms with Gasteiger partial charge in [0.05, 0.1) is 5.56 Å². The molecule has 0 saturated carbocycles. The van der Waals surface area contributed by atoms with Crippen LogP contribution in [0.2, 0.25) is 5.02 Å². The van der Waals surface area contributed by atoms with Gasteiger partial charge < -0.3 is 15.0 Å². The fraction of sp³-hybridized carbons (Fsp3) is 0.409. The summed E-state index contributed by atoms with van der Waals surface area (Å²) < 4.78 is 5.98. The van der Waals surface area contributed by atoms with Crippen molar-refractivity contribution in [2.24, 2.45) is 11.8 Å². The number of nitrogens with one attached hydrogen (secondary N) is 1. The second kappa shape index (κ2) is 9.64. The van der Waals surface area contributed by atoms with E-state index in [9.17, 15) is 4.79 Å². The van der Waals surface area contributed by atoms with Crippen LogP contribution in [0.15, 0.2) is 48.5 Å². The van der Waals surface area contributed by atoms with Crippen molar-refractivity contribution in [3.8, 4) is 5.75 Å². The quantitative estimate of drug-likeness (QED) is 0.795. The number of carbonyl (C=O) groups is 1. The van der Waals surface area contributed by atoms with Crippen LogP contribution >= 0.6 is 24.0 Å². The summed E-state index contributed by atoms with van der Waals surface area (Å²) in [5.74, 6) is 2.14. The van der Waals surface area contributed by atoms with Gasteiger partial charge >= 0.3 is 0 Å². The normalized spacial score (nSPS) is 21.4. The van der Waals surface area contributed by atoms with E-state index < -0.39 is 0 Å². The second-order valence-electron chi connectivity index (χ2n) is 7.46. The summed E-state index contributed by atoms with van der Waals surface area (Å²) in [6, 6.07) is 15.1. The maximum Gasteiger partial charge on any atom is 0.257 e. The van der Waals surface area contributed by atoms with Crippen LogP contribution in [0, 0.1) is 11.8 Å². The zero-order chi connectivity index (χ0) is 18.6. The molecule has 1 amide bonds. The highest BCUT2D eigenvalue weighted by Crippen LogP contribution is 2.29. The molecule has 0 aromatic heterocycles. The van der Waals surface area contributed by atoms with Crippen molar-refractivity contribution in [2.45, 2.75) is 19.4 Å². The predicted octanol–water partition coefficient (Wildman–Crippen LogP) is 4.41. The smallest absolute Gasteiger partial charge is 0.257 e. The summed E-state index contributed by atoms with van der Waals surface area (Å²) in [5.41, 5.74) is 1.67. The van der Waals surface area contributed by atoms with Crippen molar-refractivity contribution in [1.82, 2.24) is 10.2 Å². The molecule has 2 aliphatic heterocycles. The van der Waals surface area contributed by atoms with Crippen molar-refractivity contribution in [1.29, 1.82) is 0 Å². The highest BCUT2D eigenvalue weighted by Gasteiger charge is 2.32. The molecule has 1 N–H and O–H groups in total. The van der Waals surface area contributed by atoms with E-state index in [4.69, 9.17) is 16.3 Å². The number of nitrogens with zero attached hydrogens (tertiary/aromatic N) is 1. The molecule has 6 heteroatoms. The standard InChI is InChI=1S/C22H25ClN2O2.ClH/c23-19-7-5-16(6-8-19)15-27-21-4-2-1-3-20(21)22(26)25-11-9-17-13-24-14-18(17)10-12-25;/h1-8,17-18,24H,9-15H2;1H/t17-,18+;. The van der Waals surface area contributed by atoms with Crippen LogP contribution in [-0.2, 0) is 6.61 Å². The zero-order valence-corrected chi connectivity index (χ0v) is 17.3. The second-order valence-corrected chi connectivity index (χ2v) is 7.90. The van der Waals surface area contributed by atoms with Crippen LogP contribution in [0.4, 0.5) is 0 Å². The average molecular weight is 421 g/mol. The molecule has 2 fully saturated rings. The van der Waals surface area contributed by atoms with Gasteiger partial charge in [-0.2, -0.15) is 0 Å². The van der Waals surface area contributed by atoms with E-state index in [2.05, 4.69) is 5.32 Å². The number of halogens is 2. The number of rotatable bonds is 4. The monoisotopic (exact) mass is 420 g/mol. The van der Waals surface area contributed by atoms with Crippen LogP contribution in [-0.4, -0.2) is 37.0 Å². The SMILES string of the molecule is Cl.O=C(c1ccccc1OCc1ccc(Cl)cc1)N1CC[C@@H]2CNC[C@@H]2CC1. The van der Waals surface area contributed by atoms with E-state index in [-0.39, 0.29) is 18.3 Å². The molecule has 2 aromatic carbocycles. The Morgan fingerprint density at radius 2 is 1.68 bits per heavy atom. The van der Waals surface area contributed by atoms with Crippen LogP contribution < -0.4 is 10.1 Å². The maximum absolute atomic E-state index is 13.2. The molecule has 2 saturated heterocycles. The number of likely N-dealkylation sites (tertiary alicyclic amines) is 1. The molecule has 28 heavy (non-hydrogen) atoms. The third-order valence-electron chi connectivity index (χ3n) is 5.73. The van der Waals surface area contributed by atoms with Crippen LogP contribution in [0.3, 0.4) is 0 Å². The number of benzene rings is 2. The van der Waals surface area contributed by atoms with Crippen LogP contribution in [0.25, 0.3) is 0 Å². The van der Waals surface area contributed by atoms with E-state index in [0.717, 1.165) is 44.6 Å². The molecule has 0 bridgehead atoms. The summed E-state index contributed by atoms with van der Waals surface area (Å²) in [6.07, 6.45) is 2.16. The van der Waals surface area contributed by atoms with Crippen molar-refractivity contribution in [2.75, 3.05) is 26.2 Å². The van der Waals surface area contributed by atoms with Crippen LogP contribution in [0.1, 0.15) is 28.8 Å². The molecule has 4 rings (SSSR count). The Labute approximate surface area is 177 Å². The third-order valence-corrected chi connectivity index (χ3v) is 5.98. The highest BCUT2D eigenvalue weighted by molar-refractivity contribution is 6.30. The zero-order valence-electron chi connectivity index (χ0n) is 15.8. The number of carbonyl (C=O) groups excluding carboxylic acids is 1. The topological polar surface area (TPSA) is 41.6 Å². The van der Waals surface area contributed by atoms with Gasteiger partial charge in [-0.15, -0.1) is 12.4 Å². The fourth-order valence-corrected chi connectivity index (χ4v) is 4.23. The Morgan fingerprint density at radius 1 is 1.04 bits per heavy atom. The van der Waals surface area contributed by atoms with Gasteiger partial charge in [0.25, 0.3) is 5.91 Å². The Balaban J connectivity index is 0.00000225. The van der Waals surface area contributed by atoms with Crippen molar-refractivity contribution >= 4 is 29.9 Å². The molecule has 4 nitrogen and oxygen atoms in total. The van der Waals surface area contributed by atoms with E-state index in [0.29, 0.717) is 34.8 Å². The van der Waals surface area contributed by atoms with E-state index in [1.807, 2.05) is 53.4 Å². The molecular weight excluding hydrogens is 395 g/mol. The minimum Gasteiger partial charge on any atom is -0.488 e. The summed E-state index contributed by atoms with van der Waals surface area (Å²) in [5, 5.41) is 4.19. The van der Waals surface area contributed by atoms with Crippen molar-refractivity contribution in [3.63, 3.8) is 0 Å². The molecule has 0 radical (unpaired) electrons. The first-order valence-corrected chi connectivity index (χ1v) is 10.0. The van der Waals surface area contributed by atoms with Gasteiger partial charge in [-0.1, -0.05) is 35.9 Å². The lowest BCUT2D eigenvalue weighted by atomic mass is 9.92. The number of fused-ring (bicyclic) bond motifs is 1.